The van der Waals surface area contributed by atoms with Gasteiger partial charge in [0.05, 0.1) is 88.6 Å². The van der Waals surface area contributed by atoms with Crippen LogP contribution < -0.4 is 26.5 Å². The summed E-state index contributed by atoms with van der Waals surface area (Å²) in [6, 6.07) is 49.2. The van der Waals surface area contributed by atoms with Crippen molar-refractivity contribution in [2.45, 2.75) is 133 Å². The van der Waals surface area contributed by atoms with Gasteiger partial charge in [0.15, 0.2) is 0 Å². The highest BCUT2D eigenvalue weighted by atomic mass is 16.6. The van der Waals surface area contributed by atoms with Crippen LogP contribution >= 0.6 is 0 Å². The second-order valence-electron chi connectivity index (χ2n) is 30.9. The molecule has 0 aliphatic carbocycles. The highest BCUT2D eigenvalue weighted by Gasteiger charge is 2.37. The van der Waals surface area contributed by atoms with E-state index in [1.54, 1.807) is 158 Å². The van der Waals surface area contributed by atoms with Crippen molar-refractivity contribution in [2.24, 2.45) is 40.8 Å². The molecule has 36 heteroatoms. The van der Waals surface area contributed by atoms with Gasteiger partial charge in [-0.1, -0.05) is 129 Å². The van der Waals surface area contributed by atoms with E-state index in [2.05, 4.69) is 30.0 Å². The molecule has 0 N–H and O–H groups in total. The van der Waals surface area contributed by atoms with Gasteiger partial charge in [0, 0.05) is 18.9 Å². The highest BCUT2D eigenvalue weighted by molar-refractivity contribution is 5.91. The maximum Gasteiger partial charge on any atom is 0.345 e. The molecule has 1 heterocycles. The van der Waals surface area contributed by atoms with E-state index in [1.165, 1.54) is 78.9 Å². The molecule has 10 aromatic rings. The molecule has 0 saturated carbocycles. The lowest BCUT2D eigenvalue weighted by molar-refractivity contribution is -0.162. The van der Waals surface area contributed by atoms with Crippen LogP contribution in [0.3, 0.4) is 0 Å². The lowest BCUT2D eigenvalue weighted by Gasteiger charge is -2.31. The Morgan fingerprint density at radius 3 is 1.24 bits per heavy atom. The fraction of sp³-hybridized carbons (Fsp3) is 0.280. The zero-order valence-corrected chi connectivity index (χ0v) is 75.2. The molecule has 694 valence electrons. The van der Waals surface area contributed by atoms with Crippen LogP contribution in [0.25, 0.3) is 17.1 Å². The molecule has 10 rings (SSSR count). The summed E-state index contributed by atoms with van der Waals surface area (Å²) in [7, 11) is 0. The number of isocyanates is 6. The summed E-state index contributed by atoms with van der Waals surface area (Å²) in [6.45, 7) is 13.0. The molecular weight excluding hydrogens is 1750 g/mol. The predicted molar refractivity (Wildman–Crippen MR) is 486 cm³/mol. The standard InChI is InChI=1S/C38H39N3O9.C35H33N3O9.C27H18N6O6/c1-2-38(25-50-37(46)19-33-11-3-4-12-34(33)21-41-28-43,23-48-35(44)15-13-29-7-5-9-31(17-29)20-40-27-42)24-49-36(45)16-14-30-8-6-10-32(18-30)22-47-26-39;1-5-35(19-46-34(43)28-10-23(2)11-29(16-28)37-21-39,17-44-32(41)14-26-8-6-24(3)30(12-26)38-22-40)18-45-33(42)15-27-9-7-25(4)31(13-27)47-20-36;1-16-4-7-19(10-22(16)29-14-34)31-25(36)32(20-8-5-17(2)23(11-20)30-15-35)27(38)33(26(31)37)21-9-6-18(3)24(12-21)39-13-28/h3-12,17-18H,2,13-16,19-25H2,1H3;6-13,16H,5,14-15,17-19H2,1-4H3;4-12H,1-3H3. The van der Waals surface area contributed by atoms with Gasteiger partial charge in [-0.3, -0.25) is 24.0 Å². The van der Waals surface area contributed by atoms with Gasteiger partial charge in [0.1, 0.15) is 57.7 Å². The molecule has 0 aliphatic rings. The molecule has 0 amide bonds. The molecule has 36 nitrogen and oxygen atoms in total. The summed E-state index contributed by atoms with van der Waals surface area (Å²) in [4.78, 5) is 205. The third-order valence-corrected chi connectivity index (χ3v) is 21.3. The average molecular weight is 1840 g/mol. The minimum absolute atomic E-state index is 0.0137. The molecule has 0 fully saturated rings. The topological polar surface area (TPSA) is 499 Å². The minimum Gasteiger partial charge on any atom is -0.465 e. The van der Waals surface area contributed by atoms with Gasteiger partial charge in [-0.15, -0.1) is 10.5 Å². The Kier molecular flexibility index (Phi) is 39.9. The number of nitrogens with zero attached hydrogens (tertiary/aromatic N) is 12. The monoisotopic (exact) mass is 1840 g/mol. The maximum absolute atomic E-state index is 13.8. The molecule has 0 saturated heterocycles. The molecule has 2 atom stereocenters. The number of aliphatic imine (C=N–C) groups is 6. The quantitative estimate of drug-likeness (QED) is 0.0113. The Morgan fingerprint density at radius 2 is 0.765 bits per heavy atom. The Morgan fingerprint density at radius 1 is 0.360 bits per heavy atom. The fourth-order valence-corrected chi connectivity index (χ4v) is 13.4. The van der Waals surface area contributed by atoms with Crippen molar-refractivity contribution in [1.82, 2.24) is 13.7 Å². The highest BCUT2D eigenvalue weighted by Crippen LogP contribution is 2.32. The molecular formula is C100H90N12O24. The number of nitriles is 3. The number of hydrogen-bond acceptors (Lipinski definition) is 33. The number of aryl methyl sites for hydroxylation is 8. The largest absolute Gasteiger partial charge is 0.465 e. The van der Waals surface area contributed by atoms with E-state index in [4.69, 9.17) is 58.4 Å². The smallest absolute Gasteiger partial charge is 0.345 e. The van der Waals surface area contributed by atoms with E-state index < -0.39 is 63.7 Å². The predicted octanol–water partition coefficient (Wildman–Crippen LogP) is 13.6. The summed E-state index contributed by atoms with van der Waals surface area (Å²) in [5.74, 6) is -3.04. The van der Waals surface area contributed by atoms with Crippen LogP contribution in [-0.4, -0.2) is 126 Å². The zero-order valence-electron chi connectivity index (χ0n) is 75.2. The van der Waals surface area contributed by atoms with Crippen molar-refractivity contribution >= 4 is 95.0 Å². The number of rotatable bonds is 42. The van der Waals surface area contributed by atoms with Crippen LogP contribution in [0, 0.1) is 86.9 Å². The Labute approximate surface area is 778 Å². The third kappa shape index (κ3) is 30.8. The first-order chi connectivity index (χ1) is 65.5. The van der Waals surface area contributed by atoms with Crippen molar-refractivity contribution in [1.29, 1.82) is 15.8 Å². The Bertz CT molecular complexity index is 6650. The van der Waals surface area contributed by atoms with Gasteiger partial charge < -0.3 is 42.6 Å². The van der Waals surface area contributed by atoms with Crippen LogP contribution in [0.2, 0.25) is 0 Å². The molecule has 0 radical (unpaired) electrons. The molecule has 136 heavy (non-hydrogen) atoms. The van der Waals surface area contributed by atoms with E-state index >= 15 is 0 Å². The van der Waals surface area contributed by atoms with Crippen LogP contribution in [0.5, 0.6) is 11.5 Å². The SMILES string of the molecule is CCC(COC(=O)CCc1cccc(CN=C=O)c1)(COC(=O)CCc1cccc(COC#N)c1)COC(=O)Cc1ccccc1CN=C=O.CCC(COC(=O)Cc1ccc(C)c(N=C=O)c1)(COC(=O)Cc1ccc(C)c(OC#N)c1)COC(=O)c1cc(C)cc(N=C=O)c1.Cc1ccc(-n2c(=O)n(-c3ccc(C)c(N=C=O)c3)c(=O)n(-c3ccc(C)c(OC#N)c3)c2=O)cc1N=C=O. The number of esters is 6. The molecule has 0 aliphatic heterocycles. The van der Waals surface area contributed by atoms with Crippen molar-refractivity contribution in [2.75, 3.05) is 39.6 Å². The number of hydrogen-bond donors (Lipinski definition) is 0. The summed E-state index contributed by atoms with van der Waals surface area (Å²) in [5.41, 5.74) is 5.49. The third-order valence-electron chi connectivity index (χ3n) is 21.3. The summed E-state index contributed by atoms with van der Waals surface area (Å²) in [6.07, 6.45) is 14.8. The molecule has 2 unspecified atom stereocenters. The first-order valence-electron chi connectivity index (χ1n) is 41.9. The summed E-state index contributed by atoms with van der Waals surface area (Å²) < 4.78 is 50.7. The minimum atomic E-state index is -1.13. The number of ether oxygens (including phenoxy) is 9. The molecule has 0 bridgehead atoms. The normalized spacial score (nSPS) is 11.1. The first-order valence-corrected chi connectivity index (χ1v) is 41.9. The summed E-state index contributed by atoms with van der Waals surface area (Å²) in [5, 5.41) is 26.5. The van der Waals surface area contributed by atoms with Gasteiger partial charge in [0.25, 0.3) is 18.8 Å². The fourth-order valence-electron chi connectivity index (χ4n) is 13.4. The van der Waals surface area contributed by atoms with E-state index in [0.29, 0.717) is 80.8 Å². The van der Waals surface area contributed by atoms with Crippen molar-refractivity contribution in [3.63, 3.8) is 0 Å². The molecule has 9 aromatic carbocycles. The second kappa shape index (κ2) is 52.3. The Balaban J connectivity index is 0.000000252. The van der Waals surface area contributed by atoms with Crippen molar-refractivity contribution < 1.29 is 100 Å². The number of carbonyl (C=O) groups excluding carboxylic acids is 12. The van der Waals surface area contributed by atoms with Crippen LogP contribution in [0.4, 0.5) is 22.7 Å². The van der Waals surface area contributed by atoms with Gasteiger partial charge in [-0.05, 0) is 206 Å². The van der Waals surface area contributed by atoms with Gasteiger partial charge in [-0.25, -0.2) is 71.6 Å². The van der Waals surface area contributed by atoms with Crippen LogP contribution in [0.1, 0.15) is 128 Å². The van der Waals surface area contributed by atoms with Gasteiger partial charge in [-0.2, -0.15) is 25.2 Å². The van der Waals surface area contributed by atoms with Crippen molar-refractivity contribution in [3.8, 4) is 47.3 Å². The Hall–Kier alpha value is -17.6. The average Bonchev–Trinajstić information content (AvgIpc) is 0.741. The summed E-state index contributed by atoms with van der Waals surface area (Å²) >= 11 is 0. The molecule has 1 aromatic heterocycles. The molecule has 0 spiro atoms. The van der Waals surface area contributed by atoms with Crippen LogP contribution in [-0.2, 0) is 138 Å². The number of benzene rings is 9. The van der Waals surface area contributed by atoms with Gasteiger partial charge >= 0.3 is 52.9 Å². The number of carbonyl (C=O) groups is 6. The van der Waals surface area contributed by atoms with Gasteiger partial charge in [0.2, 0.25) is 36.5 Å². The van der Waals surface area contributed by atoms with Crippen molar-refractivity contribution in [3.05, 3.63) is 297 Å². The lowest BCUT2D eigenvalue weighted by Crippen LogP contribution is -2.52. The van der Waals surface area contributed by atoms with E-state index in [0.717, 1.165) is 41.5 Å². The maximum atomic E-state index is 13.8. The zero-order chi connectivity index (χ0) is 98.7. The first kappa shape index (κ1) is 104. The van der Waals surface area contributed by atoms with Crippen LogP contribution in [0.15, 0.2) is 226 Å². The van der Waals surface area contributed by atoms with E-state index in [9.17, 15) is 71.9 Å². The second-order valence-corrected chi connectivity index (χ2v) is 30.9. The lowest BCUT2D eigenvalue weighted by atomic mass is 9.88. The van der Waals surface area contributed by atoms with E-state index in [1.807, 2.05) is 55.5 Å². The number of aromatic nitrogens is 3. The van der Waals surface area contributed by atoms with E-state index in [-0.39, 0.29) is 143 Å².